The van der Waals surface area contributed by atoms with Gasteiger partial charge in [0.05, 0.1) is 11.4 Å². The monoisotopic (exact) mass is 333 g/mol. The second-order valence-corrected chi connectivity index (χ2v) is 5.76. The molecule has 7 heteroatoms. The van der Waals surface area contributed by atoms with Crippen LogP contribution in [-0.4, -0.2) is 22.6 Å². The summed E-state index contributed by atoms with van der Waals surface area (Å²) in [5, 5.41) is 5.05. The fourth-order valence-electron chi connectivity index (χ4n) is 1.83. The molecule has 2 rings (SSSR count). The zero-order chi connectivity index (χ0) is 16.7. The molecule has 0 unspecified atom stereocenters. The molecule has 0 aliphatic carbocycles. The van der Waals surface area contributed by atoms with Gasteiger partial charge >= 0.3 is 0 Å². The van der Waals surface area contributed by atoms with E-state index in [1.54, 1.807) is 12.4 Å². The minimum Gasteiger partial charge on any atom is -0.325 e. The summed E-state index contributed by atoms with van der Waals surface area (Å²) in [4.78, 5) is 26.8. The average Bonchev–Trinajstić information content (AvgIpc) is 2.51. The Labute approximate surface area is 137 Å². The number of thioether (sulfide) groups is 1. The fraction of sp³-hybridized carbons (Fsp3) is 0.188. The van der Waals surface area contributed by atoms with Crippen molar-refractivity contribution >= 4 is 35.0 Å². The number of hydrogen-bond donors (Lipinski definition) is 2. The SMILES string of the molecule is CC(=O)Nc1cc(NC(=O)CSCc2ccncc2)ccc1F. The van der Waals surface area contributed by atoms with Crippen molar-refractivity contribution in [1.29, 1.82) is 0 Å². The van der Waals surface area contributed by atoms with Crippen LogP contribution in [0.2, 0.25) is 0 Å². The topological polar surface area (TPSA) is 71.1 Å². The Morgan fingerprint density at radius 2 is 1.91 bits per heavy atom. The van der Waals surface area contributed by atoms with Gasteiger partial charge < -0.3 is 10.6 Å². The number of amides is 2. The number of carbonyl (C=O) groups excluding carboxylic acids is 2. The molecule has 120 valence electrons. The molecule has 2 amide bonds. The lowest BCUT2D eigenvalue weighted by molar-refractivity contribution is -0.114. The molecule has 0 aliphatic rings. The first-order valence-corrected chi connectivity index (χ1v) is 8.03. The number of nitrogens with zero attached hydrogens (tertiary/aromatic N) is 1. The maximum absolute atomic E-state index is 13.5. The number of benzene rings is 1. The van der Waals surface area contributed by atoms with Crippen LogP contribution in [-0.2, 0) is 15.3 Å². The summed E-state index contributed by atoms with van der Waals surface area (Å²) in [5.74, 6) is -0.138. The Hall–Kier alpha value is -2.41. The molecule has 5 nitrogen and oxygen atoms in total. The zero-order valence-electron chi connectivity index (χ0n) is 12.5. The van der Waals surface area contributed by atoms with Crippen molar-refractivity contribution in [2.24, 2.45) is 0 Å². The fourth-order valence-corrected chi connectivity index (χ4v) is 2.61. The van der Waals surface area contributed by atoms with Crippen molar-refractivity contribution in [2.75, 3.05) is 16.4 Å². The summed E-state index contributed by atoms with van der Waals surface area (Å²) < 4.78 is 13.5. The van der Waals surface area contributed by atoms with E-state index in [1.807, 2.05) is 12.1 Å². The normalized spacial score (nSPS) is 10.2. The Morgan fingerprint density at radius 3 is 2.61 bits per heavy atom. The van der Waals surface area contributed by atoms with Crippen molar-refractivity contribution < 1.29 is 14.0 Å². The van der Waals surface area contributed by atoms with Gasteiger partial charge in [0.15, 0.2) is 0 Å². The Morgan fingerprint density at radius 1 is 1.17 bits per heavy atom. The summed E-state index contributed by atoms with van der Waals surface area (Å²) in [6.07, 6.45) is 3.41. The first-order chi connectivity index (χ1) is 11.0. The van der Waals surface area contributed by atoms with Gasteiger partial charge in [0.2, 0.25) is 11.8 Å². The summed E-state index contributed by atoms with van der Waals surface area (Å²) in [6.45, 7) is 1.29. The molecule has 0 bridgehead atoms. The van der Waals surface area contributed by atoms with Crippen LogP contribution in [0, 0.1) is 5.82 Å². The highest BCUT2D eigenvalue weighted by Crippen LogP contribution is 2.20. The Kier molecular flexibility index (Phi) is 6.10. The first-order valence-electron chi connectivity index (χ1n) is 6.88. The van der Waals surface area contributed by atoms with Gasteiger partial charge in [-0.3, -0.25) is 14.6 Å². The van der Waals surface area contributed by atoms with E-state index in [0.29, 0.717) is 11.4 Å². The number of hydrogen-bond acceptors (Lipinski definition) is 4. The van der Waals surface area contributed by atoms with E-state index in [2.05, 4.69) is 15.6 Å². The molecule has 0 saturated carbocycles. The van der Waals surface area contributed by atoms with Crippen LogP contribution >= 0.6 is 11.8 Å². The third-order valence-corrected chi connectivity index (χ3v) is 3.82. The van der Waals surface area contributed by atoms with Crippen LogP contribution < -0.4 is 10.6 Å². The van der Waals surface area contributed by atoms with Crippen molar-refractivity contribution in [3.63, 3.8) is 0 Å². The summed E-state index contributed by atoms with van der Waals surface area (Å²) in [7, 11) is 0. The maximum Gasteiger partial charge on any atom is 0.234 e. The van der Waals surface area contributed by atoms with E-state index in [4.69, 9.17) is 0 Å². The lowest BCUT2D eigenvalue weighted by Crippen LogP contribution is -2.15. The Bertz CT molecular complexity index is 695. The molecular weight excluding hydrogens is 317 g/mol. The van der Waals surface area contributed by atoms with Gasteiger partial charge in [0.1, 0.15) is 5.82 Å². The second kappa shape index (κ2) is 8.28. The number of carbonyl (C=O) groups is 2. The van der Waals surface area contributed by atoms with Crippen LogP contribution in [0.4, 0.5) is 15.8 Å². The number of aromatic nitrogens is 1. The summed E-state index contributed by atoms with van der Waals surface area (Å²) in [5.41, 5.74) is 1.57. The van der Waals surface area contributed by atoms with Crippen LogP contribution in [0.15, 0.2) is 42.7 Å². The lowest BCUT2D eigenvalue weighted by atomic mass is 10.2. The largest absolute Gasteiger partial charge is 0.325 e. The van der Waals surface area contributed by atoms with Gasteiger partial charge in [-0.2, -0.15) is 0 Å². The van der Waals surface area contributed by atoms with Crippen LogP contribution in [0.25, 0.3) is 0 Å². The van der Waals surface area contributed by atoms with E-state index >= 15 is 0 Å². The molecular formula is C16H16FN3O2S. The first kappa shape index (κ1) is 17.0. The molecule has 1 aromatic carbocycles. The average molecular weight is 333 g/mol. The quantitative estimate of drug-likeness (QED) is 0.852. The van der Waals surface area contributed by atoms with Crippen molar-refractivity contribution in [3.05, 3.63) is 54.1 Å². The van der Waals surface area contributed by atoms with Crippen LogP contribution in [0.5, 0.6) is 0 Å². The molecule has 0 radical (unpaired) electrons. The van der Waals surface area contributed by atoms with E-state index < -0.39 is 5.82 Å². The minimum absolute atomic E-state index is 0.0414. The number of halogens is 1. The predicted molar refractivity (Wildman–Crippen MR) is 89.7 cm³/mol. The predicted octanol–water partition coefficient (Wildman–Crippen LogP) is 3.05. The van der Waals surface area contributed by atoms with Gasteiger partial charge in [0, 0.05) is 30.8 Å². The highest BCUT2D eigenvalue weighted by atomic mass is 32.2. The van der Waals surface area contributed by atoms with E-state index in [0.717, 1.165) is 5.56 Å². The van der Waals surface area contributed by atoms with E-state index in [-0.39, 0.29) is 23.3 Å². The molecule has 0 saturated heterocycles. The summed E-state index contributed by atoms with van der Waals surface area (Å²) in [6, 6.07) is 7.83. The van der Waals surface area contributed by atoms with Crippen LogP contribution in [0.1, 0.15) is 12.5 Å². The van der Waals surface area contributed by atoms with Gasteiger partial charge in [0.25, 0.3) is 0 Å². The summed E-state index contributed by atoms with van der Waals surface area (Å²) >= 11 is 1.47. The molecule has 0 aliphatic heterocycles. The second-order valence-electron chi connectivity index (χ2n) is 4.77. The molecule has 23 heavy (non-hydrogen) atoms. The number of rotatable bonds is 6. The molecule has 2 N–H and O–H groups in total. The van der Waals surface area contributed by atoms with Crippen molar-refractivity contribution in [1.82, 2.24) is 4.98 Å². The number of nitrogens with one attached hydrogen (secondary N) is 2. The van der Waals surface area contributed by atoms with Gasteiger partial charge in [-0.1, -0.05) is 0 Å². The number of pyridine rings is 1. The van der Waals surface area contributed by atoms with Crippen molar-refractivity contribution in [3.8, 4) is 0 Å². The third kappa shape index (κ3) is 5.71. The minimum atomic E-state index is -0.551. The molecule has 0 spiro atoms. The highest BCUT2D eigenvalue weighted by molar-refractivity contribution is 7.99. The third-order valence-electron chi connectivity index (χ3n) is 2.81. The zero-order valence-corrected chi connectivity index (χ0v) is 13.3. The smallest absolute Gasteiger partial charge is 0.234 e. The number of anilines is 2. The maximum atomic E-state index is 13.5. The molecule has 0 atom stereocenters. The van der Waals surface area contributed by atoms with Gasteiger partial charge in [-0.25, -0.2) is 4.39 Å². The lowest BCUT2D eigenvalue weighted by Gasteiger charge is -2.09. The Balaban J connectivity index is 1.86. The van der Waals surface area contributed by atoms with Crippen molar-refractivity contribution in [2.45, 2.75) is 12.7 Å². The molecule has 2 aromatic rings. The standard InChI is InChI=1S/C16H16FN3O2S/c1-11(21)19-15-8-13(2-3-14(15)17)20-16(22)10-23-9-12-4-6-18-7-5-12/h2-8H,9-10H2,1H3,(H,19,21)(H,20,22). The van der Waals surface area contributed by atoms with E-state index in [9.17, 15) is 14.0 Å². The van der Waals surface area contributed by atoms with E-state index in [1.165, 1.54) is 36.9 Å². The highest BCUT2D eigenvalue weighted by Gasteiger charge is 2.08. The molecule has 0 fully saturated rings. The van der Waals surface area contributed by atoms with Gasteiger partial charge in [-0.15, -0.1) is 11.8 Å². The van der Waals surface area contributed by atoms with Crippen LogP contribution in [0.3, 0.4) is 0 Å². The van der Waals surface area contributed by atoms with Gasteiger partial charge in [-0.05, 0) is 35.9 Å². The molecule has 1 aromatic heterocycles. The molecule has 1 heterocycles.